The van der Waals surface area contributed by atoms with E-state index in [2.05, 4.69) is 15.9 Å². The SMILES string of the molecule is COc1ccc(O)c(OCc2cccc(Br)c2)c1. The smallest absolute Gasteiger partial charge is 0.165 e. The Morgan fingerprint density at radius 3 is 2.72 bits per heavy atom. The van der Waals surface area contributed by atoms with Gasteiger partial charge in [-0.1, -0.05) is 28.1 Å². The van der Waals surface area contributed by atoms with Crippen molar-refractivity contribution in [3.05, 3.63) is 52.5 Å². The van der Waals surface area contributed by atoms with Gasteiger partial charge in [-0.3, -0.25) is 0 Å². The average Bonchev–Trinajstić information content (AvgIpc) is 2.38. The van der Waals surface area contributed by atoms with Crippen molar-refractivity contribution in [3.8, 4) is 17.2 Å². The summed E-state index contributed by atoms with van der Waals surface area (Å²) in [7, 11) is 1.57. The van der Waals surface area contributed by atoms with E-state index in [9.17, 15) is 5.11 Å². The van der Waals surface area contributed by atoms with Gasteiger partial charge in [-0.25, -0.2) is 0 Å². The molecule has 0 amide bonds. The maximum atomic E-state index is 9.67. The molecule has 0 spiro atoms. The number of ether oxygens (including phenoxy) is 2. The largest absolute Gasteiger partial charge is 0.504 e. The van der Waals surface area contributed by atoms with Gasteiger partial charge in [0.05, 0.1) is 7.11 Å². The summed E-state index contributed by atoms with van der Waals surface area (Å²) in [4.78, 5) is 0. The predicted octanol–water partition coefficient (Wildman–Crippen LogP) is 3.74. The molecular weight excluding hydrogens is 296 g/mol. The van der Waals surface area contributed by atoms with E-state index in [1.54, 1.807) is 25.3 Å². The highest BCUT2D eigenvalue weighted by atomic mass is 79.9. The lowest BCUT2D eigenvalue weighted by Crippen LogP contribution is -1.96. The number of benzene rings is 2. The van der Waals surface area contributed by atoms with Gasteiger partial charge in [0.25, 0.3) is 0 Å². The summed E-state index contributed by atoms with van der Waals surface area (Å²) in [5.74, 6) is 1.16. The summed E-state index contributed by atoms with van der Waals surface area (Å²) < 4.78 is 11.7. The summed E-state index contributed by atoms with van der Waals surface area (Å²) in [5, 5.41) is 9.67. The van der Waals surface area contributed by atoms with Crippen molar-refractivity contribution in [2.24, 2.45) is 0 Å². The molecule has 0 saturated carbocycles. The monoisotopic (exact) mass is 308 g/mol. The van der Waals surface area contributed by atoms with E-state index in [0.717, 1.165) is 10.0 Å². The van der Waals surface area contributed by atoms with Crippen LogP contribution in [0.3, 0.4) is 0 Å². The van der Waals surface area contributed by atoms with Crippen molar-refractivity contribution in [1.82, 2.24) is 0 Å². The third kappa shape index (κ3) is 3.17. The fourth-order valence-electron chi connectivity index (χ4n) is 1.52. The number of halogens is 1. The van der Waals surface area contributed by atoms with E-state index in [4.69, 9.17) is 9.47 Å². The fourth-order valence-corrected chi connectivity index (χ4v) is 1.97. The van der Waals surface area contributed by atoms with Crippen LogP contribution in [0.2, 0.25) is 0 Å². The van der Waals surface area contributed by atoms with Crippen LogP contribution >= 0.6 is 15.9 Å². The number of rotatable bonds is 4. The Balaban J connectivity index is 2.10. The second-order valence-electron chi connectivity index (χ2n) is 3.75. The van der Waals surface area contributed by atoms with Gasteiger partial charge in [-0.15, -0.1) is 0 Å². The van der Waals surface area contributed by atoms with Crippen LogP contribution < -0.4 is 9.47 Å². The molecule has 2 rings (SSSR count). The number of aromatic hydroxyl groups is 1. The molecule has 2 aromatic carbocycles. The van der Waals surface area contributed by atoms with Crippen LogP contribution in [0.25, 0.3) is 0 Å². The highest BCUT2D eigenvalue weighted by Crippen LogP contribution is 2.30. The van der Waals surface area contributed by atoms with Crippen LogP contribution in [-0.4, -0.2) is 12.2 Å². The summed E-state index contributed by atoms with van der Waals surface area (Å²) >= 11 is 3.40. The van der Waals surface area contributed by atoms with E-state index >= 15 is 0 Å². The summed E-state index contributed by atoms with van der Waals surface area (Å²) in [6.45, 7) is 0.389. The topological polar surface area (TPSA) is 38.7 Å². The molecule has 0 aliphatic rings. The number of hydrogen-bond donors (Lipinski definition) is 1. The maximum Gasteiger partial charge on any atom is 0.165 e. The maximum absolute atomic E-state index is 9.67. The quantitative estimate of drug-likeness (QED) is 0.935. The number of methoxy groups -OCH3 is 1. The second-order valence-corrected chi connectivity index (χ2v) is 4.67. The van der Waals surface area contributed by atoms with Gasteiger partial charge in [0.1, 0.15) is 12.4 Å². The zero-order valence-corrected chi connectivity index (χ0v) is 11.5. The van der Waals surface area contributed by atoms with Gasteiger partial charge >= 0.3 is 0 Å². The highest BCUT2D eigenvalue weighted by molar-refractivity contribution is 9.10. The van der Waals surface area contributed by atoms with E-state index in [1.807, 2.05) is 24.3 Å². The molecule has 18 heavy (non-hydrogen) atoms. The first kappa shape index (κ1) is 12.8. The summed E-state index contributed by atoms with van der Waals surface area (Å²) in [6.07, 6.45) is 0. The molecule has 0 unspecified atom stereocenters. The third-order valence-corrected chi connectivity index (χ3v) is 2.94. The zero-order valence-electron chi connectivity index (χ0n) is 9.89. The van der Waals surface area contributed by atoms with Crippen LogP contribution in [-0.2, 0) is 6.61 Å². The molecule has 3 nitrogen and oxygen atoms in total. The molecule has 0 saturated heterocycles. The molecule has 0 bridgehead atoms. The van der Waals surface area contributed by atoms with Crippen LogP contribution in [0.15, 0.2) is 46.9 Å². The van der Waals surface area contributed by atoms with Crippen LogP contribution in [0.5, 0.6) is 17.2 Å². The van der Waals surface area contributed by atoms with Crippen LogP contribution in [0.4, 0.5) is 0 Å². The number of phenolic OH excluding ortho intramolecular Hbond substituents is 1. The molecule has 0 aliphatic heterocycles. The molecule has 1 N–H and O–H groups in total. The van der Waals surface area contributed by atoms with Crippen molar-refractivity contribution in [2.75, 3.05) is 7.11 Å². The minimum absolute atomic E-state index is 0.103. The molecule has 4 heteroatoms. The van der Waals surface area contributed by atoms with Gasteiger partial charge in [-0.05, 0) is 29.8 Å². The lowest BCUT2D eigenvalue weighted by molar-refractivity contribution is 0.286. The molecule has 0 radical (unpaired) electrons. The first-order valence-electron chi connectivity index (χ1n) is 5.43. The van der Waals surface area contributed by atoms with Gasteiger partial charge < -0.3 is 14.6 Å². The highest BCUT2D eigenvalue weighted by Gasteiger charge is 2.05. The Hall–Kier alpha value is -1.68. The van der Waals surface area contributed by atoms with Crippen LogP contribution in [0.1, 0.15) is 5.56 Å². The van der Waals surface area contributed by atoms with E-state index in [-0.39, 0.29) is 5.75 Å². The Kier molecular flexibility index (Phi) is 4.10. The second kappa shape index (κ2) is 5.78. The molecule has 0 aliphatic carbocycles. The normalized spacial score (nSPS) is 10.1. The summed E-state index contributed by atoms with van der Waals surface area (Å²) in [5.41, 5.74) is 1.02. The molecule has 0 fully saturated rings. The van der Waals surface area contributed by atoms with Crippen molar-refractivity contribution in [1.29, 1.82) is 0 Å². The van der Waals surface area contributed by atoms with Crippen LogP contribution in [0, 0.1) is 0 Å². The standard InChI is InChI=1S/C14H13BrO3/c1-17-12-5-6-13(16)14(8-12)18-9-10-3-2-4-11(15)7-10/h2-8,16H,9H2,1H3. The fraction of sp³-hybridized carbons (Fsp3) is 0.143. The van der Waals surface area contributed by atoms with Gasteiger partial charge in [0.2, 0.25) is 0 Å². The third-order valence-electron chi connectivity index (χ3n) is 2.45. The first-order chi connectivity index (χ1) is 8.69. The minimum atomic E-state index is 0.103. The average molecular weight is 309 g/mol. The Bertz CT molecular complexity index is 540. The molecule has 0 atom stereocenters. The summed E-state index contributed by atoms with van der Waals surface area (Å²) in [6, 6.07) is 12.7. The molecule has 0 heterocycles. The van der Waals surface area contributed by atoms with Crippen molar-refractivity contribution >= 4 is 15.9 Å². The van der Waals surface area contributed by atoms with E-state index < -0.39 is 0 Å². The van der Waals surface area contributed by atoms with E-state index in [0.29, 0.717) is 18.1 Å². The lowest BCUT2D eigenvalue weighted by Gasteiger charge is -2.09. The molecule has 2 aromatic rings. The molecule has 94 valence electrons. The number of hydrogen-bond acceptors (Lipinski definition) is 3. The van der Waals surface area contributed by atoms with Crippen molar-refractivity contribution in [3.63, 3.8) is 0 Å². The van der Waals surface area contributed by atoms with Gasteiger partial charge in [0.15, 0.2) is 11.5 Å². The molecule has 0 aromatic heterocycles. The van der Waals surface area contributed by atoms with Crippen molar-refractivity contribution in [2.45, 2.75) is 6.61 Å². The Morgan fingerprint density at radius 1 is 1.17 bits per heavy atom. The van der Waals surface area contributed by atoms with E-state index in [1.165, 1.54) is 0 Å². The zero-order chi connectivity index (χ0) is 13.0. The van der Waals surface area contributed by atoms with Crippen molar-refractivity contribution < 1.29 is 14.6 Å². The first-order valence-corrected chi connectivity index (χ1v) is 6.22. The predicted molar refractivity (Wildman–Crippen MR) is 73.1 cm³/mol. The van der Waals surface area contributed by atoms with Gasteiger partial charge in [0, 0.05) is 10.5 Å². The van der Waals surface area contributed by atoms with Gasteiger partial charge in [-0.2, -0.15) is 0 Å². The minimum Gasteiger partial charge on any atom is -0.504 e. The Labute approximate surface area is 114 Å². The molecular formula is C14H13BrO3. The Morgan fingerprint density at radius 2 is 2.00 bits per heavy atom. The number of phenols is 1. The lowest BCUT2D eigenvalue weighted by atomic mass is 10.2.